The van der Waals surface area contributed by atoms with Gasteiger partial charge in [0, 0.05) is 12.1 Å². The number of aliphatic hydroxyl groups excluding tert-OH is 1. The molecule has 29 heavy (non-hydrogen) atoms. The number of halogens is 2. The lowest BCUT2D eigenvalue weighted by molar-refractivity contribution is -0.139. The maximum absolute atomic E-state index is 12.9. The second-order valence-electron chi connectivity index (χ2n) is 7.19. The van der Waals surface area contributed by atoms with Gasteiger partial charge < -0.3 is 10.0 Å². The summed E-state index contributed by atoms with van der Waals surface area (Å²) >= 11 is 12.1. The van der Waals surface area contributed by atoms with Crippen molar-refractivity contribution in [1.29, 1.82) is 0 Å². The Morgan fingerprint density at radius 1 is 1.07 bits per heavy atom. The largest absolute Gasteiger partial charge is 0.507 e. The first-order chi connectivity index (χ1) is 13.9. The summed E-state index contributed by atoms with van der Waals surface area (Å²) in [7, 11) is 0. The molecule has 1 atom stereocenters. The Morgan fingerprint density at radius 3 is 2.45 bits per heavy atom. The third kappa shape index (κ3) is 4.19. The summed E-state index contributed by atoms with van der Waals surface area (Å²) in [6.45, 7) is 4.47. The number of amides is 1. The Kier molecular flexibility index (Phi) is 6.66. The monoisotopic (exact) mass is 431 g/mol. The molecule has 2 aromatic carbocycles. The molecule has 3 rings (SSSR count). The molecule has 1 fully saturated rings. The average Bonchev–Trinajstić information content (AvgIpc) is 2.95. The summed E-state index contributed by atoms with van der Waals surface area (Å²) in [5, 5.41) is 11.6. The molecule has 0 spiro atoms. The van der Waals surface area contributed by atoms with Crippen LogP contribution in [-0.4, -0.2) is 28.2 Å². The zero-order valence-corrected chi connectivity index (χ0v) is 17.9. The Labute approximate surface area is 180 Å². The molecule has 4 nitrogen and oxygen atoms in total. The molecule has 1 heterocycles. The molecule has 1 N–H and O–H groups in total. The predicted molar refractivity (Wildman–Crippen MR) is 116 cm³/mol. The van der Waals surface area contributed by atoms with Gasteiger partial charge in [-0.2, -0.15) is 0 Å². The lowest BCUT2D eigenvalue weighted by Gasteiger charge is -2.26. The Balaban J connectivity index is 2.16. The van der Waals surface area contributed by atoms with Crippen molar-refractivity contribution in [3.05, 3.63) is 74.8 Å². The number of carbonyl (C=O) groups is 2. The maximum atomic E-state index is 12.9. The van der Waals surface area contributed by atoms with Crippen LogP contribution in [0.4, 0.5) is 0 Å². The van der Waals surface area contributed by atoms with E-state index in [0.717, 1.165) is 30.4 Å². The number of aryl methyl sites for hydroxylation is 1. The van der Waals surface area contributed by atoms with E-state index >= 15 is 0 Å². The van der Waals surface area contributed by atoms with E-state index in [4.69, 9.17) is 23.2 Å². The van der Waals surface area contributed by atoms with Crippen molar-refractivity contribution in [2.75, 3.05) is 6.54 Å². The van der Waals surface area contributed by atoms with Crippen LogP contribution < -0.4 is 0 Å². The van der Waals surface area contributed by atoms with E-state index in [-0.39, 0.29) is 16.4 Å². The molecule has 1 aliphatic rings. The molecule has 0 aromatic heterocycles. The highest BCUT2D eigenvalue weighted by Crippen LogP contribution is 2.41. The molecule has 2 aromatic rings. The first-order valence-electron chi connectivity index (χ1n) is 9.66. The number of carbonyl (C=O) groups excluding carboxylic acids is 2. The van der Waals surface area contributed by atoms with Crippen molar-refractivity contribution in [2.45, 2.75) is 39.2 Å². The van der Waals surface area contributed by atoms with E-state index < -0.39 is 17.7 Å². The third-order valence-electron chi connectivity index (χ3n) is 5.22. The van der Waals surface area contributed by atoms with Gasteiger partial charge in [-0.25, -0.2) is 0 Å². The second-order valence-corrected chi connectivity index (χ2v) is 8.00. The lowest BCUT2D eigenvalue weighted by Crippen LogP contribution is -2.31. The first kappa shape index (κ1) is 21.4. The minimum atomic E-state index is -0.682. The molecule has 0 saturated carbocycles. The number of likely N-dealkylation sites (tertiary alicyclic amines) is 1. The van der Waals surface area contributed by atoms with E-state index in [1.165, 1.54) is 6.07 Å². The van der Waals surface area contributed by atoms with Crippen molar-refractivity contribution >= 4 is 40.7 Å². The zero-order chi connectivity index (χ0) is 21.1. The average molecular weight is 432 g/mol. The summed E-state index contributed by atoms with van der Waals surface area (Å²) in [6.07, 6.45) is 2.75. The van der Waals surface area contributed by atoms with Crippen LogP contribution in [0, 0.1) is 6.92 Å². The van der Waals surface area contributed by atoms with E-state index in [1.807, 2.05) is 31.2 Å². The number of hydrogen-bond acceptors (Lipinski definition) is 3. The van der Waals surface area contributed by atoms with Crippen molar-refractivity contribution in [1.82, 2.24) is 4.90 Å². The van der Waals surface area contributed by atoms with Crippen LogP contribution in [0.1, 0.15) is 48.9 Å². The molecule has 0 bridgehead atoms. The fourth-order valence-electron chi connectivity index (χ4n) is 3.66. The highest BCUT2D eigenvalue weighted by atomic mass is 35.5. The molecule has 1 amide bonds. The number of ketones is 1. The van der Waals surface area contributed by atoms with Crippen LogP contribution in [0.3, 0.4) is 0 Å². The van der Waals surface area contributed by atoms with Gasteiger partial charge in [0.15, 0.2) is 0 Å². The number of nitrogens with zero attached hydrogens (tertiary/aromatic N) is 1. The number of benzene rings is 2. The van der Waals surface area contributed by atoms with Crippen molar-refractivity contribution < 1.29 is 14.7 Å². The number of Topliss-reactive ketones (excluding diaryl/α,β-unsaturated/α-hetero) is 1. The minimum Gasteiger partial charge on any atom is -0.507 e. The summed E-state index contributed by atoms with van der Waals surface area (Å²) < 4.78 is 0. The van der Waals surface area contributed by atoms with Gasteiger partial charge in [0.2, 0.25) is 0 Å². The molecule has 1 saturated heterocycles. The van der Waals surface area contributed by atoms with E-state index in [0.29, 0.717) is 17.1 Å². The maximum Gasteiger partial charge on any atom is 0.295 e. The summed E-state index contributed by atoms with van der Waals surface area (Å²) in [6, 6.07) is 11.6. The smallest absolute Gasteiger partial charge is 0.295 e. The topological polar surface area (TPSA) is 57.6 Å². The molecule has 6 heteroatoms. The normalized spacial score (nSPS) is 18.5. The highest BCUT2D eigenvalue weighted by Gasteiger charge is 2.46. The Hall–Kier alpha value is -2.30. The van der Waals surface area contributed by atoms with Gasteiger partial charge in [0.25, 0.3) is 11.7 Å². The SMILES string of the molecule is CCCCCN1C(=O)C(=O)/C(=C(/O)c2ccc(Cl)c(Cl)c2)C1c1ccccc1C. The minimum absolute atomic E-state index is 0.0826. The van der Waals surface area contributed by atoms with Gasteiger partial charge in [-0.3, -0.25) is 9.59 Å². The predicted octanol–water partition coefficient (Wildman–Crippen LogP) is 5.91. The third-order valence-corrected chi connectivity index (χ3v) is 5.96. The second kappa shape index (κ2) is 9.02. The van der Waals surface area contributed by atoms with Crippen molar-refractivity contribution in [3.8, 4) is 0 Å². The van der Waals surface area contributed by atoms with E-state index in [1.54, 1.807) is 17.0 Å². The Morgan fingerprint density at radius 2 is 1.79 bits per heavy atom. The van der Waals surface area contributed by atoms with Crippen molar-refractivity contribution in [3.63, 3.8) is 0 Å². The molecule has 152 valence electrons. The number of rotatable bonds is 6. The molecule has 0 radical (unpaired) electrons. The van der Waals surface area contributed by atoms with Crippen LogP contribution in [-0.2, 0) is 9.59 Å². The van der Waals surface area contributed by atoms with Gasteiger partial charge in [-0.05, 0) is 42.7 Å². The van der Waals surface area contributed by atoms with E-state index in [9.17, 15) is 14.7 Å². The van der Waals surface area contributed by atoms with Gasteiger partial charge >= 0.3 is 0 Å². The molecular weight excluding hydrogens is 409 g/mol. The van der Waals surface area contributed by atoms with Gasteiger partial charge in [-0.15, -0.1) is 0 Å². The van der Waals surface area contributed by atoms with Crippen LogP contribution >= 0.6 is 23.2 Å². The fourth-order valence-corrected chi connectivity index (χ4v) is 3.96. The highest BCUT2D eigenvalue weighted by molar-refractivity contribution is 6.47. The van der Waals surface area contributed by atoms with Crippen molar-refractivity contribution in [2.24, 2.45) is 0 Å². The van der Waals surface area contributed by atoms with Crippen LogP contribution in [0.25, 0.3) is 5.76 Å². The van der Waals surface area contributed by atoms with Gasteiger partial charge in [0.1, 0.15) is 5.76 Å². The number of hydrogen-bond donors (Lipinski definition) is 1. The summed E-state index contributed by atoms with van der Waals surface area (Å²) in [4.78, 5) is 27.4. The summed E-state index contributed by atoms with van der Waals surface area (Å²) in [5.74, 6) is -1.51. The fraction of sp³-hybridized carbons (Fsp3) is 0.304. The molecule has 1 unspecified atom stereocenters. The van der Waals surface area contributed by atoms with Gasteiger partial charge in [-0.1, -0.05) is 67.2 Å². The number of aliphatic hydroxyl groups is 1. The summed E-state index contributed by atoms with van der Waals surface area (Å²) in [5.41, 5.74) is 2.20. The lowest BCUT2D eigenvalue weighted by atomic mass is 9.92. The molecule has 1 aliphatic heterocycles. The van der Waals surface area contributed by atoms with E-state index in [2.05, 4.69) is 6.92 Å². The zero-order valence-electron chi connectivity index (χ0n) is 16.4. The Bertz CT molecular complexity index is 984. The standard InChI is InChI=1S/C23H23Cl2NO3/c1-3-4-7-12-26-20(16-9-6-5-8-14(16)2)19(22(28)23(26)29)21(27)15-10-11-17(24)18(25)13-15/h5-6,8-11,13,20,27H,3-4,7,12H2,1-2H3/b21-19+. The van der Waals surface area contributed by atoms with Gasteiger partial charge in [0.05, 0.1) is 21.7 Å². The number of unbranched alkanes of at least 4 members (excludes halogenated alkanes) is 2. The molecule has 0 aliphatic carbocycles. The van der Waals surface area contributed by atoms with Crippen LogP contribution in [0.15, 0.2) is 48.0 Å². The first-order valence-corrected chi connectivity index (χ1v) is 10.4. The quantitative estimate of drug-likeness (QED) is 0.267. The van der Waals surface area contributed by atoms with Crippen LogP contribution in [0.2, 0.25) is 10.0 Å². The molecular formula is C23H23Cl2NO3. The van der Waals surface area contributed by atoms with Crippen LogP contribution in [0.5, 0.6) is 0 Å².